The molecule has 1 unspecified atom stereocenters. The zero-order valence-electron chi connectivity index (χ0n) is 14.7. The largest absolute Gasteiger partial charge is 0.496 e. The number of ether oxygens (including phenoxy) is 1. The third kappa shape index (κ3) is 5.23. The zero-order valence-corrected chi connectivity index (χ0v) is 16.3. The molecule has 0 heterocycles. The molecule has 0 aliphatic heterocycles. The number of methoxy groups -OCH3 is 1. The van der Waals surface area contributed by atoms with Crippen LogP contribution in [0.15, 0.2) is 42.5 Å². The molecule has 2 rings (SSSR count). The number of carbonyl (C=O) groups excluding carboxylic acids is 2. The number of hydrogen-bond acceptors (Lipinski definition) is 3. The molecule has 1 amide bonds. The summed E-state index contributed by atoms with van der Waals surface area (Å²) in [5.41, 5.74) is 1.75. The van der Waals surface area contributed by atoms with Gasteiger partial charge in [0.05, 0.1) is 17.2 Å². The van der Waals surface area contributed by atoms with Crippen LogP contribution in [0, 0.1) is 0 Å². The molecular formula is C20H21Cl2NO3. The summed E-state index contributed by atoms with van der Waals surface area (Å²) in [6.45, 7) is 0.429. The summed E-state index contributed by atoms with van der Waals surface area (Å²) in [7, 11) is 3.34. The number of hydrogen-bond donors (Lipinski definition) is 0. The fraction of sp³-hybridized carbons (Fsp3) is 0.300. The molecule has 0 radical (unpaired) electrons. The van der Waals surface area contributed by atoms with Gasteiger partial charge in [-0.3, -0.25) is 4.79 Å². The minimum absolute atomic E-state index is 0.0613. The van der Waals surface area contributed by atoms with Gasteiger partial charge in [-0.05, 0) is 29.7 Å². The highest BCUT2D eigenvalue weighted by Gasteiger charge is 2.20. The number of aldehydes is 1. The van der Waals surface area contributed by atoms with E-state index in [1.807, 2.05) is 24.3 Å². The van der Waals surface area contributed by atoms with Crippen molar-refractivity contribution in [1.29, 1.82) is 0 Å². The van der Waals surface area contributed by atoms with Crippen molar-refractivity contribution in [1.82, 2.24) is 4.90 Å². The van der Waals surface area contributed by atoms with E-state index in [-0.39, 0.29) is 24.7 Å². The van der Waals surface area contributed by atoms with E-state index >= 15 is 0 Å². The first-order valence-electron chi connectivity index (χ1n) is 8.20. The second-order valence-electron chi connectivity index (χ2n) is 6.04. The van der Waals surface area contributed by atoms with E-state index in [0.717, 1.165) is 23.2 Å². The number of nitrogens with zero attached hydrogens (tertiary/aromatic N) is 1. The number of rotatable bonds is 8. The lowest BCUT2D eigenvalue weighted by molar-refractivity contribution is -0.130. The van der Waals surface area contributed by atoms with Crippen LogP contribution in [0.5, 0.6) is 5.75 Å². The molecule has 0 spiro atoms. The van der Waals surface area contributed by atoms with Crippen molar-refractivity contribution in [2.24, 2.45) is 0 Å². The highest BCUT2D eigenvalue weighted by Crippen LogP contribution is 2.30. The summed E-state index contributed by atoms with van der Waals surface area (Å²) in [6.07, 6.45) is 1.27. The Bertz CT molecular complexity index is 779. The predicted octanol–water partition coefficient (Wildman–Crippen LogP) is 4.72. The van der Waals surface area contributed by atoms with Gasteiger partial charge in [0, 0.05) is 32.0 Å². The Labute approximate surface area is 163 Å². The lowest BCUT2D eigenvalue weighted by atomic mass is 9.92. The summed E-state index contributed by atoms with van der Waals surface area (Å²) in [6, 6.07) is 12.8. The number of carbonyl (C=O) groups is 2. The fourth-order valence-corrected chi connectivity index (χ4v) is 3.07. The normalized spacial score (nSPS) is 11.7. The highest BCUT2D eigenvalue weighted by molar-refractivity contribution is 6.42. The van der Waals surface area contributed by atoms with Gasteiger partial charge in [-0.25, -0.2) is 0 Å². The minimum atomic E-state index is -0.241. The number of para-hydroxylation sites is 1. The molecule has 1 atom stereocenters. The third-order valence-electron chi connectivity index (χ3n) is 4.24. The summed E-state index contributed by atoms with van der Waals surface area (Å²) in [5.74, 6) is 0.435. The van der Waals surface area contributed by atoms with Gasteiger partial charge >= 0.3 is 0 Å². The van der Waals surface area contributed by atoms with Crippen molar-refractivity contribution in [2.75, 3.05) is 14.2 Å². The summed E-state index contributed by atoms with van der Waals surface area (Å²) < 4.78 is 5.33. The highest BCUT2D eigenvalue weighted by atomic mass is 35.5. The van der Waals surface area contributed by atoms with Crippen LogP contribution in [0.4, 0.5) is 0 Å². The first-order chi connectivity index (χ1) is 12.5. The van der Waals surface area contributed by atoms with Gasteiger partial charge in [-0.2, -0.15) is 0 Å². The molecular weight excluding hydrogens is 373 g/mol. The molecule has 0 bridgehead atoms. The maximum Gasteiger partial charge on any atom is 0.223 e. The Hall–Kier alpha value is -2.04. The van der Waals surface area contributed by atoms with Crippen LogP contribution in [0.2, 0.25) is 10.0 Å². The molecule has 0 saturated heterocycles. The van der Waals surface area contributed by atoms with E-state index in [2.05, 4.69) is 0 Å². The maximum atomic E-state index is 12.7. The summed E-state index contributed by atoms with van der Waals surface area (Å²) >= 11 is 12.0. The first-order valence-corrected chi connectivity index (χ1v) is 8.96. The van der Waals surface area contributed by atoms with E-state index in [1.165, 1.54) is 0 Å². The van der Waals surface area contributed by atoms with Crippen LogP contribution in [0.1, 0.15) is 29.9 Å². The van der Waals surface area contributed by atoms with E-state index in [0.29, 0.717) is 16.6 Å². The van der Waals surface area contributed by atoms with Crippen LogP contribution in [0.25, 0.3) is 0 Å². The average molecular weight is 394 g/mol. The van der Waals surface area contributed by atoms with E-state index in [9.17, 15) is 9.59 Å². The molecule has 2 aromatic rings. The summed E-state index contributed by atoms with van der Waals surface area (Å²) in [4.78, 5) is 25.4. The van der Waals surface area contributed by atoms with Gasteiger partial charge in [0.1, 0.15) is 12.0 Å². The number of amides is 1. The van der Waals surface area contributed by atoms with Crippen molar-refractivity contribution < 1.29 is 14.3 Å². The Balaban J connectivity index is 2.11. The molecule has 0 saturated carbocycles. The van der Waals surface area contributed by atoms with Gasteiger partial charge in [-0.1, -0.05) is 47.5 Å². The Morgan fingerprint density at radius 2 is 1.92 bits per heavy atom. The minimum Gasteiger partial charge on any atom is -0.496 e. The SMILES string of the molecule is COc1ccccc1CN(C)C(=O)CC(CC=O)c1ccc(Cl)c(Cl)c1. The molecule has 0 fully saturated rings. The van der Waals surface area contributed by atoms with E-state index in [4.69, 9.17) is 27.9 Å². The van der Waals surface area contributed by atoms with Crippen molar-refractivity contribution in [3.63, 3.8) is 0 Å². The Kier molecular flexibility index (Phi) is 7.49. The number of benzene rings is 2. The molecule has 0 aromatic heterocycles. The molecule has 4 nitrogen and oxygen atoms in total. The lowest BCUT2D eigenvalue weighted by Crippen LogP contribution is -2.28. The van der Waals surface area contributed by atoms with Crippen LogP contribution in [-0.4, -0.2) is 31.3 Å². The smallest absolute Gasteiger partial charge is 0.223 e. The molecule has 138 valence electrons. The molecule has 0 N–H and O–H groups in total. The quantitative estimate of drug-likeness (QED) is 0.609. The van der Waals surface area contributed by atoms with Crippen molar-refractivity contribution >= 4 is 35.4 Å². The van der Waals surface area contributed by atoms with Crippen molar-refractivity contribution in [3.8, 4) is 5.75 Å². The fourth-order valence-electron chi connectivity index (χ4n) is 2.76. The maximum absolute atomic E-state index is 12.7. The van der Waals surface area contributed by atoms with E-state index in [1.54, 1.807) is 37.3 Å². The number of halogens is 2. The summed E-state index contributed by atoms with van der Waals surface area (Å²) in [5, 5.41) is 0.856. The van der Waals surface area contributed by atoms with Crippen LogP contribution >= 0.6 is 23.2 Å². The monoisotopic (exact) mass is 393 g/mol. The van der Waals surface area contributed by atoms with E-state index < -0.39 is 0 Å². The van der Waals surface area contributed by atoms with Gasteiger partial charge in [0.15, 0.2) is 0 Å². The first kappa shape index (κ1) is 20.3. The standard InChI is InChI=1S/C20H21Cl2NO3/c1-23(13-16-5-3-4-6-19(16)26-2)20(25)12-15(9-10-24)14-7-8-17(21)18(22)11-14/h3-8,10-11,15H,9,12-13H2,1-2H3. The predicted molar refractivity (Wildman–Crippen MR) is 104 cm³/mol. The van der Waals surface area contributed by atoms with Gasteiger partial charge < -0.3 is 14.4 Å². The molecule has 26 heavy (non-hydrogen) atoms. The molecule has 6 heteroatoms. The van der Waals surface area contributed by atoms with Gasteiger partial charge in [0.2, 0.25) is 5.91 Å². The second-order valence-corrected chi connectivity index (χ2v) is 6.85. The third-order valence-corrected chi connectivity index (χ3v) is 4.98. The van der Waals surface area contributed by atoms with Crippen LogP contribution in [-0.2, 0) is 16.1 Å². The Morgan fingerprint density at radius 3 is 2.58 bits per heavy atom. The zero-order chi connectivity index (χ0) is 19.1. The average Bonchev–Trinajstić information content (AvgIpc) is 2.64. The molecule has 2 aromatic carbocycles. The van der Waals surface area contributed by atoms with Crippen molar-refractivity contribution in [3.05, 3.63) is 63.6 Å². The van der Waals surface area contributed by atoms with Gasteiger partial charge in [0.25, 0.3) is 0 Å². The molecule has 0 aliphatic rings. The lowest BCUT2D eigenvalue weighted by Gasteiger charge is -2.22. The Morgan fingerprint density at radius 1 is 1.19 bits per heavy atom. The van der Waals surface area contributed by atoms with Crippen molar-refractivity contribution in [2.45, 2.75) is 25.3 Å². The second kappa shape index (κ2) is 9.60. The topological polar surface area (TPSA) is 46.6 Å². The molecule has 0 aliphatic carbocycles. The van der Waals surface area contributed by atoms with Crippen LogP contribution < -0.4 is 4.74 Å². The van der Waals surface area contributed by atoms with Crippen LogP contribution in [0.3, 0.4) is 0 Å². The van der Waals surface area contributed by atoms with Gasteiger partial charge in [-0.15, -0.1) is 0 Å².